The molecule has 0 unspecified atom stereocenters. The van der Waals surface area contributed by atoms with E-state index in [4.69, 9.17) is 10.5 Å². The lowest BCUT2D eigenvalue weighted by Gasteiger charge is -2.08. The second-order valence-corrected chi connectivity index (χ2v) is 3.77. The summed E-state index contributed by atoms with van der Waals surface area (Å²) in [4.78, 5) is 0. The summed E-state index contributed by atoms with van der Waals surface area (Å²) in [7, 11) is 0. The molecule has 0 spiro atoms. The van der Waals surface area contributed by atoms with Crippen LogP contribution in [0.15, 0.2) is 36.4 Å². The minimum atomic E-state index is 0.679. The summed E-state index contributed by atoms with van der Waals surface area (Å²) in [5.74, 6) is 0.930. The molecule has 2 aromatic carbocycles. The minimum absolute atomic E-state index is 0.679. The minimum Gasteiger partial charge on any atom is -0.494 e. The summed E-state index contributed by atoms with van der Waals surface area (Å²) in [5, 5.41) is 2.49. The molecule has 0 fully saturated rings. The molecule has 2 rings (SSSR count). The molecule has 0 amide bonds. The predicted molar refractivity (Wildman–Crippen MR) is 67.9 cm³/mol. The van der Waals surface area contributed by atoms with E-state index in [2.05, 4.69) is 30.3 Å². The van der Waals surface area contributed by atoms with Crippen molar-refractivity contribution in [1.29, 1.82) is 0 Å². The van der Waals surface area contributed by atoms with Crippen molar-refractivity contribution in [1.82, 2.24) is 0 Å². The number of ether oxygens (including phenoxy) is 1. The zero-order valence-corrected chi connectivity index (χ0v) is 9.57. The van der Waals surface area contributed by atoms with Gasteiger partial charge in [0.15, 0.2) is 0 Å². The van der Waals surface area contributed by atoms with E-state index < -0.39 is 0 Å². The number of rotatable bonds is 4. The maximum atomic E-state index is 5.62. The number of hydrogen-bond acceptors (Lipinski definition) is 2. The first kappa shape index (κ1) is 11.0. The number of nitrogens with two attached hydrogens (primary N) is 1. The van der Waals surface area contributed by atoms with Gasteiger partial charge in [0, 0.05) is 0 Å². The van der Waals surface area contributed by atoms with Crippen molar-refractivity contribution in [3.05, 3.63) is 42.0 Å². The van der Waals surface area contributed by atoms with E-state index in [1.54, 1.807) is 0 Å². The molecule has 84 valence electrons. The standard InChI is InChI=1S/C14H17NO/c1-2-16-13-7-6-11-4-3-5-12(8-9-15)14(11)10-13/h3-7,10H,2,8-9,15H2,1H3. The molecule has 0 aromatic heterocycles. The second-order valence-electron chi connectivity index (χ2n) is 3.77. The summed E-state index contributed by atoms with van der Waals surface area (Å²) in [5.41, 5.74) is 6.91. The highest BCUT2D eigenvalue weighted by atomic mass is 16.5. The van der Waals surface area contributed by atoms with Crippen molar-refractivity contribution in [2.45, 2.75) is 13.3 Å². The van der Waals surface area contributed by atoms with E-state index in [0.717, 1.165) is 12.2 Å². The average molecular weight is 215 g/mol. The topological polar surface area (TPSA) is 35.2 Å². The van der Waals surface area contributed by atoms with E-state index in [1.807, 2.05) is 13.0 Å². The summed E-state index contributed by atoms with van der Waals surface area (Å²) < 4.78 is 5.52. The van der Waals surface area contributed by atoms with Gasteiger partial charge in [0.05, 0.1) is 6.61 Å². The Kier molecular flexibility index (Phi) is 3.42. The summed E-state index contributed by atoms with van der Waals surface area (Å²) >= 11 is 0. The van der Waals surface area contributed by atoms with Crippen molar-refractivity contribution in [2.75, 3.05) is 13.2 Å². The van der Waals surface area contributed by atoms with Crippen LogP contribution in [-0.4, -0.2) is 13.2 Å². The summed E-state index contributed by atoms with van der Waals surface area (Å²) in [6.07, 6.45) is 0.910. The highest BCUT2D eigenvalue weighted by Crippen LogP contribution is 2.24. The van der Waals surface area contributed by atoms with Crippen LogP contribution in [0, 0.1) is 0 Å². The van der Waals surface area contributed by atoms with Crippen LogP contribution in [-0.2, 0) is 6.42 Å². The third-order valence-electron chi connectivity index (χ3n) is 2.67. The normalized spacial score (nSPS) is 10.6. The quantitative estimate of drug-likeness (QED) is 0.851. The molecule has 0 heterocycles. The maximum absolute atomic E-state index is 5.62. The highest BCUT2D eigenvalue weighted by Gasteiger charge is 2.01. The van der Waals surface area contributed by atoms with Crippen LogP contribution < -0.4 is 10.5 Å². The van der Waals surface area contributed by atoms with Crippen LogP contribution >= 0.6 is 0 Å². The molecule has 0 saturated heterocycles. The van der Waals surface area contributed by atoms with Crippen LogP contribution in [0.4, 0.5) is 0 Å². The monoisotopic (exact) mass is 215 g/mol. The van der Waals surface area contributed by atoms with Gasteiger partial charge in [0.1, 0.15) is 5.75 Å². The predicted octanol–water partition coefficient (Wildman–Crippen LogP) is 2.74. The van der Waals surface area contributed by atoms with Crippen molar-refractivity contribution in [3.8, 4) is 5.75 Å². The fourth-order valence-electron chi connectivity index (χ4n) is 1.95. The second kappa shape index (κ2) is 4.99. The van der Waals surface area contributed by atoms with Gasteiger partial charge in [-0.2, -0.15) is 0 Å². The Morgan fingerprint density at radius 1 is 1.19 bits per heavy atom. The van der Waals surface area contributed by atoms with Crippen LogP contribution in [0.5, 0.6) is 5.75 Å². The maximum Gasteiger partial charge on any atom is 0.119 e. The molecule has 0 aliphatic heterocycles. The van der Waals surface area contributed by atoms with E-state index in [0.29, 0.717) is 13.2 Å². The van der Waals surface area contributed by atoms with Gasteiger partial charge in [-0.15, -0.1) is 0 Å². The molecule has 0 radical (unpaired) electrons. The Morgan fingerprint density at radius 2 is 2.06 bits per heavy atom. The first-order valence-electron chi connectivity index (χ1n) is 5.69. The SMILES string of the molecule is CCOc1ccc2cccc(CCN)c2c1. The Balaban J connectivity index is 2.50. The molecule has 0 saturated carbocycles. The number of fused-ring (bicyclic) bond motifs is 1. The van der Waals surface area contributed by atoms with Crippen LogP contribution in [0.25, 0.3) is 10.8 Å². The molecule has 0 bridgehead atoms. The fourth-order valence-corrected chi connectivity index (χ4v) is 1.95. The summed E-state index contributed by atoms with van der Waals surface area (Å²) in [6, 6.07) is 12.5. The van der Waals surface area contributed by atoms with Gasteiger partial charge in [-0.05, 0) is 48.4 Å². The smallest absolute Gasteiger partial charge is 0.119 e. The van der Waals surface area contributed by atoms with Gasteiger partial charge in [0.2, 0.25) is 0 Å². The first-order chi connectivity index (χ1) is 7.85. The zero-order chi connectivity index (χ0) is 11.4. The van der Waals surface area contributed by atoms with Gasteiger partial charge in [0.25, 0.3) is 0 Å². The van der Waals surface area contributed by atoms with E-state index >= 15 is 0 Å². The van der Waals surface area contributed by atoms with Crippen LogP contribution in [0.3, 0.4) is 0 Å². The van der Waals surface area contributed by atoms with Gasteiger partial charge in [-0.3, -0.25) is 0 Å². The Morgan fingerprint density at radius 3 is 2.81 bits per heavy atom. The van der Waals surface area contributed by atoms with E-state index in [9.17, 15) is 0 Å². The third kappa shape index (κ3) is 2.17. The Hall–Kier alpha value is -1.54. The van der Waals surface area contributed by atoms with Crippen molar-refractivity contribution >= 4 is 10.8 Å². The molecular formula is C14H17NO. The highest BCUT2D eigenvalue weighted by molar-refractivity contribution is 5.87. The molecule has 0 aliphatic carbocycles. The van der Waals surface area contributed by atoms with E-state index in [1.165, 1.54) is 16.3 Å². The molecule has 16 heavy (non-hydrogen) atoms. The number of hydrogen-bond donors (Lipinski definition) is 1. The van der Waals surface area contributed by atoms with Gasteiger partial charge in [-0.25, -0.2) is 0 Å². The van der Waals surface area contributed by atoms with Crippen molar-refractivity contribution in [2.24, 2.45) is 5.73 Å². The molecule has 2 N–H and O–H groups in total. The fraction of sp³-hybridized carbons (Fsp3) is 0.286. The van der Waals surface area contributed by atoms with Gasteiger partial charge >= 0.3 is 0 Å². The first-order valence-corrected chi connectivity index (χ1v) is 5.69. The molecule has 2 nitrogen and oxygen atoms in total. The molecule has 0 aliphatic rings. The molecular weight excluding hydrogens is 198 g/mol. The zero-order valence-electron chi connectivity index (χ0n) is 9.57. The van der Waals surface area contributed by atoms with Crippen molar-refractivity contribution in [3.63, 3.8) is 0 Å². The summed E-state index contributed by atoms with van der Waals surface area (Å²) in [6.45, 7) is 3.37. The largest absolute Gasteiger partial charge is 0.494 e. The van der Waals surface area contributed by atoms with Crippen LogP contribution in [0.1, 0.15) is 12.5 Å². The molecule has 2 aromatic rings. The van der Waals surface area contributed by atoms with Crippen LogP contribution in [0.2, 0.25) is 0 Å². The molecule has 0 atom stereocenters. The lowest BCUT2D eigenvalue weighted by Crippen LogP contribution is -2.03. The molecule has 2 heteroatoms. The number of benzene rings is 2. The van der Waals surface area contributed by atoms with Crippen molar-refractivity contribution < 1.29 is 4.74 Å². The third-order valence-corrected chi connectivity index (χ3v) is 2.67. The lowest BCUT2D eigenvalue weighted by molar-refractivity contribution is 0.340. The van der Waals surface area contributed by atoms with E-state index in [-0.39, 0.29) is 0 Å². The average Bonchev–Trinajstić information content (AvgIpc) is 2.31. The Bertz CT molecular complexity index is 479. The van der Waals surface area contributed by atoms with Gasteiger partial charge in [-0.1, -0.05) is 24.3 Å². The lowest BCUT2D eigenvalue weighted by atomic mass is 10.0. The van der Waals surface area contributed by atoms with Gasteiger partial charge < -0.3 is 10.5 Å². The Labute approximate surface area is 96.0 Å².